The molecule has 1 amide bonds. The fourth-order valence-corrected chi connectivity index (χ4v) is 3.95. The summed E-state index contributed by atoms with van der Waals surface area (Å²) in [5.74, 6) is 2.05. The summed E-state index contributed by atoms with van der Waals surface area (Å²) in [6.07, 6.45) is 5.45. The number of hydrogen-bond donors (Lipinski definition) is 3. The van der Waals surface area contributed by atoms with Gasteiger partial charge in [-0.3, -0.25) is 4.79 Å². The van der Waals surface area contributed by atoms with Crippen molar-refractivity contribution in [3.8, 4) is 5.75 Å². The molecule has 0 aliphatic heterocycles. The van der Waals surface area contributed by atoms with Gasteiger partial charge in [0.2, 0.25) is 11.9 Å². The smallest absolute Gasteiger partial charge is 0.247 e. The third-order valence-electron chi connectivity index (χ3n) is 6.16. The molecule has 194 valence electrons. The molecule has 0 radical (unpaired) electrons. The molecule has 1 aliphatic rings. The Balaban J connectivity index is 1.58. The predicted octanol–water partition coefficient (Wildman–Crippen LogP) is 4.97. The minimum absolute atomic E-state index is 0.297. The predicted molar refractivity (Wildman–Crippen MR) is 151 cm³/mol. The zero-order valence-corrected chi connectivity index (χ0v) is 21.9. The number of nitrogens with one attached hydrogen (secondary N) is 3. The van der Waals surface area contributed by atoms with Gasteiger partial charge in [0.25, 0.3) is 0 Å². The first-order chi connectivity index (χ1) is 17.9. The van der Waals surface area contributed by atoms with Crippen LogP contribution >= 0.6 is 0 Å². The SMILES string of the molecule is C=CC(=O)Nc1cc(Nc2nccc(Nc3cccc(C4CC4)c3)n2)c(OC)cc1N(C)CCN(C)C. The summed E-state index contributed by atoms with van der Waals surface area (Å²) in [5, 5.41) is 9.53. The van der Waals surface area contributed by atoms with Crippen LogP contribution in [-0.4, -0.2) is 62.1 Å². The van der Waals surface area contributed by atoms with Gasteiger partial charge in [0.05, 0.1) is 24.2 Å². The summed E-state index contributed by atoms with van der Waals surface area (Å²) in [5.41, 5.74) is 4.42. The van der Waals surface area contributed by atoms with Gasteiger partial charge in [0.15, 0.2) is 0 Å². The number of amides is 1. The molecule has 1 aromatic heterocycles. The van der Waals surface area contributed by atoms with E-state index in [4.69, 9.17) is 4.74 Å². The number of hydrogen-bond acceptors (Lipinski definition) is 8. The van der Waals surface area contributed by atoms with Gasteiger partial charge in [0, 0.05) is 38.1 Å². The van der Waals surface area contributed by atoms with Crippen molar-refractivity contribution >= 4 is 40.4 Å². The molecule has 0 bridgehead atoms. The van der Waals surface area contributed by atoms with Crippen LogP contribution < -0.4 is 25.6 Å². The van der Waals surface area contributed by atoms with Crippen molar-refractivity contribution in [1.82, 2.24) is 14.9 Å². The fraction of sp³-hybridized carbons (Fsp3) is 0.321. The molecule has 0 spiro atoms. The second kappa shape index (κ2) is 11.7. The molecule has 4 rings (SSSR count). The molecule has 0 atom stereocenters. The highest BCUT2D eigenvalue weighted by atomic mass is 16.5. The molecule has 2 aromatic carbocycles. The Morgan fingerprint density at radius 2 is 1.92 bits per heavy atom. The number of nitrogens with zero attached hydrogens (tertiary/aromatic N) is 4. The van der Waals surface area contributed by atoms with E-state index >= 15 is 0 Å². The first kappa shape index (κ1) is 26.0. The first-order valence-corrected chi connectivity index (χ1v) is 12.3. The molecule has 37 heavy (non-hydrogen) atoms. The van der Waals surface area contributed by atoms with Crippen molar-refractivity contribution < 1.29 is 9.53 Å². The number of methoxy groups -OCH3 is 1. The van der Waals surface area contributed by atoms with E-state index in [9.17, 15) is 4.79 Å². The Bertz CT molecular complexity index is 1260. The van der Waals surface area contributed by atoms with Crippen molar-refractivity contribution in [2.45, 2.75) is 18.8 Å². The summed E-state index contributed by atoms with van der Waals surface area (Å²) in [4.78, 5) is 25.4. The van der Waals surface area contributed by atoms with E-state index < -0.39 is 0 Å². The number of aromatic nitrogens is 2. The highest BCUT2D eigenvalue weighted by molar-refractivity contribution is 6.02. The minimum Gasteiger partial charge on any atom is -0.494 e. The zero-order valence-electron chi connectivity index (χ0n) is 21.9. The summed E-state index contributed by atoms with van der Waals surface area (Å²) in [6, 6.07) is 14.0. The van der Waals surface area contributed by atoms with Crippen molar-refractivity contribution in [3.05, 3.63) is 66.9 Å². The minimum atomic E-state index is -0.297. The number of rotatable bonds is 12. The summed E-state index contributed by atoms with van der Waals surface area (Å²) < 4.78 is 5.68. The highest BCUT2D eigenvalue weighted by Gasteiger charge is 2.23. The van der Waals surface area contributed by atoms with Crippen LogP contribution in [0.3, 0.4) is 0 Å². The Kier molecular flexibility index (Phi) is 8.25. The summed E-state index contributed by atoms with van der Waals surface area (Å²) in [6.45, 7) is 5.19. The van der Waals surface area contributed by atoms with E-state index in [-0.39, 0.29) is 5.91 Å². The van der Waals surface area contributed by atoms with E-state index in [0.717, 1.165) is 24.5 Å². The van der Waals surface area contributed by atoms with Gasteiger partial charge < -0.3 is 30.5 Å². The van der Waals surface area contributed by atoms with Crippen LogP contribution in [-0.2, 0) is 4.79 Å². The van der Waals surface area contributed by atoms with E-state index in [1.165, 1.54) is 24.5 Å². The first-order valence-electron chi connectivity index (χ1n) is 12.3. The molecule has 1 fully saturated rings. The third-order valence-corrected chi connectivity index (χ3v) is 6.16. The Labute approximate surface area is 218 Å². The Morgan fingerprint density at radius 3 is 2.62 bits per heavy atom. The van der Waals surface area contributed by atoms with Crippen molar-refractivity contribution in [3.63, 3.8) is 0 Å². The van der Waals surface area contributed by atoms with Crippen LogP contribution in [0.15, 0.2) is 61.3 Å². The largest absolute Gasteiger partial charge is 0.494 e. The van der Waals surface area contributed by atoms with Gasteiger partial charge >= 0.3 is 0 Å². The fourth-order valence-electron chi connectivity index (χ4n) is 3.95. The number of anilines is 6. The molecule has 1 saturated carbocycles. The van der Waals surface area contributed by atoms with E-state index in [2.05, 4.69) is 60.5 Å². The second-order valence-corrected chi connectivity index (χ2v) is 9.40. The normalized spacial score (nSPS) is 12.7. The standard InChI is InChI=1S/C28H35N7O2/c1-6-27(36)31-22-17-23(25(37-5)18-24(22)35(4)15-14-34(2)3)32-28-29-13-12-26(33-28)30-21-9-7-8-20(16-21)19-10-11-19/h6-9,12-13,16-19H,1,10-11,14-15H2,2-5H3,(H,31,36)(H2,29,30,32,33). The molecule has 3 N–H and O–H groups in total. The number of ether oxygens (including phenoxy) is 1. The lowest BCUT2D eigenvalue weighted by Gasteiger charge is -2.26. The number of likely N-dealkylation sites (N-methyl/N-ethyl adjacent to an activating group) is 2. The molecule has 0 unspecified atom stereocenters. The molecule has 0 saturated heterocycles. The molecular weight excluding hydrogens is 466 g/mol. The maximum absolute atomic E-state index is 12.2. The van der Waals surface area contributed by atoms with Crippen molar-refractivity contribution in [2.24, 2.45) is 0 Å². The average molecular weight is 502 g/mol. The van der Waals surface area contributed by atoms with Gasteiger partial charge in [-0.05, 0) is 68.8 Å². The third kappa shape index (κ3) is 6.98. The Morgan fingerprint density at radius 1 is 1.11 bits per heavy atom. The van der Waals surface area contributed by atoms with Gasteiger partial charge in [-0.15, -0.1) is 0 Å². The van der Waals surface area contributed by atoms with Crippen LogP contribution in [0.5, 0.6) is 5.75 Å². The van der Waals surface area contributed by atoms with Crippen LogP contribution in [0.25, 0.3) is 0 Å². The molecular formula is C28H35N7O2. The van der Waals surface area contributed by atoms with Crippen molar-refractivity contribution in [2.75, 3.05) is 62.2 Å². The maximum atomic E-state index is 12.2. The van der Waals surface area contributed by atoms with Gasteiger partial charge in [-0.25, -0.2) is 4.98 Å². The molecule has 9 nitrogen and oxygen atoms in total. The second-order valence-electron chi connectivity index (χ2n) is 9.40. The molecule has 3 aromatic rings. The summed E-state index contributed by atoms with van der Waals surface area (Å²) in [7, 11) is 7.63. The van der Waals surface area contributed by atoms with Crippen LogP contribution in [0.1, 0.15) is 24.3 Å². The summed E-state index contributed by atoms with van der Waals surface area (Å²) >= 11 is 0. The van der Waals surface area contributed by atoms with Gasteiger partial charge in [-0.2, -0.15) is 4.98 Å². The monoisotopic (exact) mass is 501 g/mol. The average Bonchev–Trinajstić information content (AvgIpc) is 3.73. The zero-order chi connectivity index (χ0) is 26.4. The van der Waals surface area contributed by atoms with E-state index in [0.29, 0.717) is 34.8 Å². The van der Waals surface area contributed by atoms with E-state index in [1.807, 2.05) is 45.4 Å². The van der Waals surface area contributed by atoms with Crippen LogP contribution in [0, 0.1) is 0 Å². The maximum Gasteiger partial charge on any atom is 0.247 e. The van der Waals surface area contributed by atoms with E-state index in [1.54, 1.807) is 13.3 Å². The van der Waals surface area contributed by atoms with Crippen LogP contribution in [0.4, 0.5) is 34.5 Å². The topological polar surface area (TPSA) is 94.6 Å². The lowest BCUT2D eigenvalue weighted by atomic mass is 10.1. The molecule has 9 heteroatoms. The lowest BCUT2D eigenvalue weighted by Crippen LogP contribution is -2.29. The van der Waals surface area contributed by atoms with Gasteiger partial charge in [0.1, 0.15) is 11.6 Å². The molecule has 1 heterocycles. The van der Waals surface area contributed by atoms with Gasteiger partial charge in [-0.1, -0.05) is 18.7 Å². The lowest BCUT2D eigenvalue weighted by molar-refractivity contribution is -0.111. The molecule has 1 aliphatic carbocycles. The quantitative estimate of drug-likeness (QED) is 0.300. The number of carbonyl (C=O) groups is 1. The highest BCUT2D eigenvalue weighted by Crippen LogP contribution is 2.41. The number of carbonyl (C=O) groups excluding carboxylic acids is 1. The number of benzene rings is 2. The van der Waals surface area contributed by atoms with Crippen molar-refractivity contribution in [1.29, 1.82) is 0 Å². The Hall–Kier alpha value is -4.11. The van der Waals surface area contributed by atoms with Crippen LogP contribution in [0.2, 0.25) is 0 Å².